The van der Waals surface area contributed by atoms with Gasteiger partial charge in [-0.05, 0) is 42.4 Å². The first kappa shape index (κ1) is 15.2. The standard InChI is InChI=1S/C19H21NOS/c1-20(14-15-8-10-17(22-2)11-9-15)18(21)19(12-13-19)16-6-4-3-5-7-16/h3-11H,12-14H2,1-2H3. The van der Waals surface area contributed by atoms with E-state index in [1.165, 1.54) is 10.5 Å². The summed E-state index contributed by atoms with van der Waals surface area (Å²) < 4.78 is 0. The summed E-state index contributed by atoms with van der Waals surface area (Å²) in [6.07, 6.45) is 4.00. The molecule has 3 rings (SSSR count). The third-order valence-electron chi connectivity index (χ3n) is 4.41. The van der Waals surface area contributed by atoms with E-state index < -0.39 is 0 Å². The number of hydrogen-bond acceptors (Lipinski definition) is 2. The van der Waals surface area contributed by atoms with Gasteiger partial charge in [-0.15, -0.1) is 11.8 Å². The van der Waals surface area contributed by atoms with E-state index in [2.05, 4.69) is 42.7 Å². The molecule has 0 aromatic heterocycles. The molecule has 0 aliphatic heterocycles. The van der Waals surface area contributed by atoms with Crippen LogP contribution in [0.1, 0.15) is 24.0 Å². The highest BCUT2D eigenvalue weighted by molar-refractivity contribution is 7.98. The van der Waals surface area contributed by atoms with Crippen molar-refractivity contribution >= 4 is 17.7 Å². The maximum atomic E-state index is 12.9. The molecule has 0 radical (unpaired) electrons. The monoisotopic (exact) mass is 311 g/mol. The van der Waals surface area contributed by atoms with Gasteiger partial charge in [0.2, 0.25) is 5.91 Å². The van der Waals surface area contributed by atoms with Crippen LogP contribution in [-0.2, 0) is 16.8 Å². The largest absolute Gasteiger partial charge is 0.341 e. The lowest BCUT2D eigenvalue weighted by Crippen LogP contribution is -2.36. The molecule has 2 aromatic carbocycles. The quantitative estimate of drug-likeness (QED) is 0.775. The zero-order valence-electron chi connectivity index (χ0n) is 13.1. The van der Waals surface area contributed by atoms with Crippen LogP contribution in [0, 0.1) is 0 Å². The third-order valence-corrected chi connectivity index (χ3v) is 5.15. The fraction of sp³-hybridized carbons (Fsp3) is 0.316. The van der Waals surface area contributed by atoms with E-state index in [9.17, 15) is 4.79 Å². The van der Waals surface area contributed by atoms with E-state index in [-0.39, 0.29) is 11.3 Å². The van der Waals surface area contributed by atoms with Gasteiger partial charge in [0, 0.05) is 18.5 Å². The maximum absolute atomic E-state index is 12.9. The Morgan fingerprint density at radius 3 is 2.27 bits per heavy atom. The maximum Gasteiger partial charge on any atom is 0.233 e. The van der Waals surface area contributed by atoms with Gasteiger partial charge >= 0.3 is 0 Å². The molecule has 1 fully saturated rings. The van der Waals surface area contributed by atoms with Crippen molar-refractivity contribution in [3.63, 3.8) is 0 Å². The number of nitrogens with zero attached hydrogens (tertiary/aromatic N) is 1. The lowest BCUT2D eigenvalue weighted by atomic mass is 9.94. The van der Waals surface area contributed by atoms with Gasteiger partial charge in [-0.3, -0.25) is 4.79 Å². The molecule has 22 heavy (non-hydrogen) atoms. The van der Waals surface area contributed by atoms with Gasteiger partial charge in [0.15, 0.2) is 0 Å². The van der Waals surface area contributed by atoms with Crippen molar-refractivity contribution in [2.24, 2.45) is 0 Å². The molecule has 0 spiro atoms. The summed E-state index contributed by atoms with van der Waals surface area (Å²) in [5, 5.41) is 0. The fourth-order valence-corrected chi connectivity index (χ4v) is 3.36. The fourth-order valence-electron chi connectivity index (χ4n) is 2.95. The minimum absolute atomic E-state index is 0.243. The molecular weight excluding hydrogens is 290 g/mol. The Bertz CT molecular complexity index is 647. The molecule has 0 bridgehead atoms. The summed E-state index contributed by atoms with van der Waals surface area (Å²) in [7, 11) is 1.91. The van der Waals surface area contributed by atoms with Gasteiger partial charge in [-0.2, -0.15) is 0 Å². The molecule has 0 unspecified atom stereocenters. The number of rotatable bonds is 5. The van der Waals surface area contributed by atoms with E-state index in [1.54, 1.807) is 11.8 Å². The second kappa shape index (κ2) is 6.17. The smallest absolute Gasteiger partial charge is 0.233 e. The van der Waals surface area contributed by atoms with E-state index >= 15 is 0 Å². The number of thioether (sulfide) groups is 1. The van der Waals surface area contributed by atoms with Crippen LogP contribution in [0.3, 0.4) is 0 Å². The number of hydrogen-bond donors (Lipinski definition) is 0. The number of likely N-dealkylation sites (N-methyl/N-ethyl adjacent to an activating group) is 1. The Balaban J connectivity index is 1.72. The van der Waals surface area contributed by atoms with Gasteiger partial charge in [-0.25, -0.2) is 0 Å². The first-order valence-electron chi connectivity index (χ1n) is 7.60. The van der Waals surface area contributed by atoms with Gasteiger partial charge < -0.3 is 4.90 Å². The summed E-state index contributed by atoms with van der Waals surface area (Å²) in [6, 6.07) is 18.6. The average molecular weight is 311 g/mol. The van der Waals surface area contributed by atoms with Crippen LogP contribution in [0.5, 0.6) is 0 Å². The Morgan fingerprint density at radius 2 is 1.73 bits per heavy atom. The van der Waals surface area contributed by atoms with Crippen LogP contribution in [0.2, 0.25) is 0 Å². The van der Waals surface area contributed by atoms with Crippen molar-refractivity contribution in [1.82, 2.24) is 4.90 Å². The predicted molar refractivity (Wildman–Crippen MR) is 92.1 cm³/mol. The van der Waals surface area contributed by atoms with Crippen LogP contribution in [0.15, 0.2) is 59.5 Å². The van der Waals surface area contributed by atoms with E-state index in [0.717, 1.165) is 18.4 Å². The number of benzene rings is 2. The third kappa shape index (κ3) is 2.91. The first-order chi connectivity index (χ1) is 10.7. The zero-order chi connectivity index (χ0) is 15.6. The van der Waals surface area contributed by atoms with Crippen LogP contribution in [0.4, 0.5) is 0 Å². The second-order valence-electron chi connectivity index (χ2n) is 5.96. The highest BCUT2D eigenvalue weighted by atomic mass is 32.2. The van der Waals surface area contributed by atoms with Crippen LogP contribution >= 0.6 is 11.8 Å². The van der Waals surface area contributed by atoms with Gasteiger partial charge in [0.1, 0.15) is 0 Å². The minimum Gasteiger partial charge on any atom is -0.341 e. The predicted octanol–water partition coefficient (Wildman–Crippen LogP) is 4.10. The molecule has 0 saturated heterocycles. The highest BCUT2D eigenvalue weighted by Gasteiger charge is 2.52. The highest BCUT2D eigenvalue weighted by Crippen LogP contribution is 2.49. The summed E-state index contributed by atoms with van der Waals surface area (Å²) in [5.41, 5.74) is 2.07. The van der Waals surface area contributed by atoms with E-state index in [1.807, 2.05) is 30.1 Å². The van der Waals surface area contributed by atoms with Gasteiger partial charge in [0.05, 0.1) is 5.41 Å². The van der Waals surface area contributed by atoms with Crippen LogP contribution in [0.25, 0.3) is 0 Å². The molecule has 0 heterocycles. The molecule has 114 valence electrons. The minimum atomic E-state index is -0.269. The number of carbonyl (C=O) groups excluding carboxylic acids is 1. The molecule has 1 aliphatic carbocycles. The molecule has 1 amide bonds. The Labute approximate surface area is 136 Å². The molecule has 1 saturated carbocycles. The lowest BCUT2D eigenvalue weighted by molar-refractivity contribution is -0.133. The summed E-state index contributed by atoms with van der Waals surface area (Å²) in [5.74, 6) is 0.243. The van der Waals surface area contributed by atoms with Crippen molar-refractivity contribution in [3.05, 3.63) is 65.7 Å². The lowest BCUT2D eigenvalue weighted by Gasteiger charge is -2.24. The Morgan fingerprint density at radius 1 is 1.09 bits per heavy atom. The molecule has 1 aliphatic rings. The second-order valence-corrected chi connectivity index (χ2v) is 6.84. The van der Waals surface area contributed by atoms with Crippen molar-refractivity contribution < 1.29 is 4.79 Å². The molecule has 0 atom stereocenters. The summed E-state index contributed by atoms with van der Waals surface area (Å²) in [6.45, 7) is 0.669. The van der Waals surface area contributed by atoms with Crippen molar-refractivity contribution in [3.8, 4) is 0 Å². The molecule has 0 N–H and O–H groups in total. The first-order valence-corrected chi connectivity index (χ1v) is 8.82. The Hall–Kier alpha value is -1.74. The van der Waals surface area contributed by atoms with Crippen molar-refractivity contribution in [2.45, 2.75) is 29.7 Å². The van der Waals surface area contributed by atoms with Gasteiger partial charge in [-0.1, -0.05) is 42.5 Å². The summed E-state index contributed by atoms with van der Waals surface area (Å²) in [4.78, 5) is 16.0. The van der Waals surface area contributed by atoms with E-state index in [4.69, 9.17) is 0 Å². The molecule has 2 aromatic rings. The van der Waals surface area contributed by atoms with Crippen LogP contribution < -0.4 is 0 Å². The summed E-state index contributed by atoms with van der Waals surface area (Å²) >= 11 is 1.73. The molecule has 3 heteroatoms. The normalized spacial score (nSPS) is 15.4. The zero-order valence-corrected chi connectivity index (χ0v) is 13.9. The SMILES string of the molecule is CSc1ccc(CN(C)C(=O)C2(c3ccccc3)CC2)cc1. The molecular formula is C19H21NOS. The number of carbonyl (C=O) groups is 1. The average Bonchev–Trinajstić information content (AvgIpc) is 3.37. The Kier molecular flexibility index (Phi) is 4.25. The van der Waals surface area contributed by atoms with Crippen molar-refractivity contribution in [1.29, 1.82) is 0 Å². The van der Waals surface area contributed by atoms with Gasteiger partial charge in [0.25, 0.3) is 0 Å². The van der Waals surface area contributed by atoms with Crippen LogP contribution in [-0.4, -0.2) is 24.1 Å². The topological polar surface area (TPSA) is 20.3 Å². The molecule has 2 nitrogen and oxygen atoms in total. The number of amides is 1. The van der Waals surface area contributed by atoms with E-state index in [0.29, 0.717) is 6.54 Å². The van der Waals surface area contributed by atoms with Crippen molar-refractivity contribution in [2.75, 3.05) is 13.3 Å².